The van der Waals surface area contributed by atoms with Gasteiger partial charge in [0.25, 0.3) is 0 Å². The summed E-state index contributed by atoms with van der Waals surface area (Å²) >= 11 is 0. The molecule has 0 radical (unpaired) electrons. The molecule has 0 amide bonds. The molecule has 0 aliphatic carbocycles. The predicted octanol–water partition coefficient (Wildman–Crippen LogP) is 3.76. The number of ether oxygens (including phenoxy) is 1. The van der Waals surface area contributed by atoms with Gasteiger partial charge in [-0.25, -0.2) is 0 Å². The number of hydrogen-bond acceptors (Lipinski definition) is 3. The maximum absolute atomic E-state index is 11.9. The first-order valence-corrected chi connectivity index (χ1v) is 6.55. The molecule has 102 valence electrons. The van der Waals surface area contributed by atoms with Crippen molar-refractivity contribution in [3.63, 3.8) is 0 Å². The summed E-state index contributed by atoms with van der Waals surface area (Å²) < 4.78 is 5.62. The van der Waals surface area contributed by atoms with E-state index in [0.29, 0.717) is 5.69 Å². The van der Waals surface area contributed by atoms with E-state index < -0.39 is 0 Å². The van der Waals surface area contributed by atoms with Gasteiger partial charge >= 0.3 is 0 Å². The molecule has 20 heavy (non-hydrogen) atoms. The number of allylic oxidation sites excluding steroid dienone is 1. The average molecular weight is 267 g/mol. The number of hydrogen-bond donors (Lipinski definition) is 0. The van der Waals surface area contributed by atoms with Crippen molar-refractivity contribution in [1.29, 1.82) is 0 Å². The average Bonchev–Trinajstić information content (AvgIpc) is 2.45. The SMILES string of the molecule is CC(C)Oc1cccc(/C=C/C(=O)c2ccccn2)c1. The minimum absolute atomic E-state index is 0.110. The van der Waals surface area contributed by atoms with E-state index in [9.17, 15) is 4.79 Å². The molecule has 0 spiro atoms. The summed E-state index contributed by atoms with van der Waals surface area (Å²) in [6, 6.07) is 12.9. The lowest BCUT2D eigenvalue weighted by atomic mass is 10.1. The lowest BCUT2D eigenvalue weighted by Gasteiger charge is -2.09. The van der Waals surface area contributed by atoms with Crippen LogP contribution in [-0.4, -0.2) is 16.9 Å². The van der Waals surface area contributed by atoms with Gasteiger partial charge in [-0.2, -0.15) is 0 Å². The normalized spacial score (nSPS) is 10.9. The number of carbonyl (C=O) groups is 1. The van der Waals surface area contributed by atoms with E-state index in [0.717, 1.165) is 11.3 Å². The summed E-state index contributed by atoms with van der Waals surface area (Å²) in [6.07, 6.45) is 5.03. The Balaban J connectivity index is 2.09. The summed E-state index contributed by atoms with van der Waals surface area (Å²) in [5.74, 6) is 0.688. The van der Waals surface area contributed by atoms with E-state index in [4.69, 9.17) is 4.74 Å². The van der Waals surface area contributed by atoms with Crippen LogP contribution in [0.4, 0.5) is 0 Å². The molecule has 0 aliphatic rings. The maximum atomic E-state index is 11.9. The minimum Gasteiger partial charge on any atom is -0.491 e. The molecule has 0 fully saturated rings. The van der Waals surface area contributed by atoms with Crippen LogP contribution in [-0.2, 0) is 0 Å². The molecule has 2 aromatic rings. The van der Waals surface area contributed by atoms with Crippen LogP contribution in [0.1, 0.15) is 29.9 Å². The Morgan fingerprint density at radius 1 is 1.20 bits per heavy atom. The van der Waals surface area contributed by atoms with Crippen molar-refractivity contribution in [1.82, 2.24) is 4.98 Å². The van der Waals surface area contributed by atoms with Crippen molar-refractivity contribution in [3.05, 3.63) is 66.0 Å². The Bertz CT molecular complexity index is 603. The summed E-state index contributed by atoms with van der Waals surface area (Å²) in [5, 5.41) is 0. The highest BCUT2D eigenvalue weighted by Gasteiger charge is 2.02. The third-order valence-electron chi connectivity index (χ3n) is 2.57. The summed E-state index contributed by atoms with van der Waals surface area (Å²) in [5.41, 5.74) is 1.37. The molecule has 0 aliphatic heterocycles. The topological polar surface area (TPSA) is 39.2 Å². The molecule has 0 saturated heterocycles. The van der Waals surface area contributed by atoms with Crippen LogP contribution < -0.4 is 4.74 Å². The highest BCUT2D eigenvalue weighted by molar-refractivity contribution is 6.05. The van der Waals surface area contributed by atoms with Gasteiger partial charge in [0.15, 0.2) is 0 Å². The number of rotatable bonds is 5. The van der Waals surface area contributed by atoms with Crippen LogP contribution in [0.25, 0.3) is 6.08 Å². The smallest absolute Gasteiger partial charge is 0.204 e. The van der Waals surface area contributed by atoms with Crippen molar-refractivity contribution in [3.8, 4) is 5.75 Å². The largest absolute Gasteiger partial charge is 0.491 e. The zero-order valence-corrected chi connectivity index (χ0v) is 11.6. The third kappa shape index (κ3) is 4.05. The van der Waals surface area contributed by atoms with Crippen molar-refractivity contribution in [2.24, 2.45) is 0 Å². The van der Waals surface area contributed by atoms with Crippen LogP contribution in [0.3, 0.4) is 0 Å². The second-order valence-corrected chi connectivity index (χ2v) is 4.65. The standard InChI is InChI=1S/C17H17NO2/c1-13(2)20-15-7-5-6-14(12-15)9-10-17(19)16-8-3-4-11-18-16/h3-13H,1-2H3/b10-9+. The third-order valence-corrected chi connectivity index (χ3v) is 2.57. The Kier molecular flexibility index (Phi) is 4.66. The van der Waals surface area contributed by atoms with Gasteiger partial charge in [0.2, 0.25) is 5.78 Å². The molecule has 0 saturated carbocycles. The first kappa shape index (κ1) is 14.0. The van der Waals surface area contributed by atoms with Gasteiger partial charge in [-0.05, 0) is 49.8 Å². The number of nitrogens with zero attached hydrogens (tertiary/aromatic N) is 1. The fourth-order valence-corrected chi connectivity index (χ4v) is 1.73. The van der Waals surface area contributed by atoms with Gasteiger partial charge in [-0.3, -0.25) is 9.78 Å². The van der Waals surface area contributed by atoms with Crippen molar-refractivity contribution in [2.75, 3.05) is 0 Å². The number of benzene rings is 1. The summed E-state index contributed by atoms with van der Waals surface area (Å²) in [4.78, 5) is 15.9. The fourth-order valence-electron chi connectivity index (χ4n) is 1.73. The minimum atomic E-state index is -0.110. The van der Waals surface area contributed by atoms with Gasteiger partial charge in [0.05, 0.1) is 6.10 Å². The van der Waals surface area contributed by atoms with Crippen molar-refractivity contribution in [2.45, 2.75) is 20.0 Å². The van der Waals surface area contributed by atoms with Gasteiger partial charge in [-0.1, -0.05) is 24.3 Å². The lowest BCUT2D eigenvalue weighted by molar-refractivity contribution is 0.104. The molecule has 1 aromatic heterocycles. The number of aromatic nitrogens is 1. The van der Waals surface area contributed by atoms with Crippen LogP contribution in [0.15, 0.2) is 54.7 Å². The Hall–Kier alpha value is -2.42. The summed E-state index contributed by atoms with van der Waals surface area (Å²) in [6.45, 7) is 3.96. The highest BCUT2D eigenvalue weighted by atomic mass is 16.5. The van der Waals surface area contributed by atoms with Crippen LogP contribution in [0.5, 0.6) is 5.75 Å². The lowest BCUT2D eigenvalue weighted by Crippen LogP contribution is -2.05. The number of ketones is 1. The zero-order chi connectivity index (χ0) is 14.4. The monoisotopic (exact) mass is 267 g/mol. The van der Waals surface area contributed by atoms with Crippen molar-refractivity contribution < 1.29 is 9.53 Å². The van der Waals surface area contributed by atoms with E-state index in [1.807, 2.05) is 38.1 Å². The molecule has 0 N–H and O–H groups in total. The number of pyridine rings is 1. The Labute approximate surface area is 118 Å². The van der Waals surface area contributed by atoms with E-state index in [1.165, 1.54) is 6.08 Å². The van der Waals surface area contributed by atoms with Crippen LogP contribution in [0, 0.1) is 0 Å². The molecule has 0 atom stereocenters. The van der Waals surface area contributed by atoms with Crippen LogP contribution >= 0.6 is 0 Å². The zero-order valence-electron chi connectivity index (χ0n) is 11.6. The molecule has 3 nitrogen and oxygen atoms in total. The van der Waals surface area contributed by atoms with E-state index in [-0.39, 0.29) is 11.9 Å². The fraction of sp³-hybridized carbons (Fsp3) is 0.176. The van der Waals surface area contributed by atoms with Gasteiger partial charge < -0.3 is 4.74 Å². The molecule has 1 aromatic carbocycles. The quantitative estimate of drug-likeness (QED) is 0.611. The summed E-state index contributed by atoms with van der Waals surface area (Å²) in [7, 11) is 0. The van der Waals surface area contributed by atoms with E-state index in [2.05, 4.69) is 4.98 Å². The first-order chi connectivity index (χ1) is 9.65. The molecule has 0 unspecified atom stereocenters. The molecule has 2 rings (SSSR count). The second-order valence-electron chi connectivity index (χ2n) is 4.65. The van der Waals surface area contributed by atoms with Gasteiger partial charge in [0.1, 0.15) is 11.4 Å². The van der Waals surface area contributed by atoms with Gasteiger partial charge in [0, 0.05) is 6.20 Å². The van der Waals surface area contributed by atoms with Crippen LogP contribution in [0.2, 0.25) is 0 Å². The Morgan fingerprint density at radius 3 is 2.75 bits per heavy atom. The molecule has 0 bridgehead atoms. The first-order valence-electron chi connectivity index (χ1n) is 6.55. The molecule has 1 heterocycles. The predicted molar refractivity (Wildman–Crippen MR) is 79.8 cm³/mol. The Morgan fingerprint density at radius 2 is 2.05 bits per heavy atom. The molecule has 3 heteroatoms. The van der Waals surface area contributed by atoms with E-state index in [1.54, 1.807) is 30.5 Å². The maximum Gasteiger partial charge on any atom is 0.204 e. The second kappa shape index (κ2) is 6.66. The highest BCUT2D eigenvalue weighted by Crippen LogP contribution is 2.16. The molecular formula is C17H17NO2. The molecular weight excluding hydrogens is 250 g/mol. The van der Waals surface area contributed by atoms with Gasteiger partial charge in [-0.15, -0.1) is 0 Å². The van der Waals surface area contributed by atoms with Crippen molar-refractivity contribution >= 4 is 11.9 Å². The number of carbonyl (C=O) groups excluding carboxylic acids is 1. The van der Waals surface area contributed by atoms with E-state index >= 15 is 0 Å².